The van der Waals surface area contributed by atoms with Crippen LogP contribution in [0.4, 0.5) is 0 Å². The van der Waals surface area contributed by atoms with Crippen LogP contribution in [0.1, 0.15) is 18.1 Å². The molecule has 0 fully saturated rings. The van der Waals surface area contributed by atoms with Crippen molar-refractivity contribution in [1.82, 2.24) is 0 Å². The summed E-state index contributed by atoms with van der Waals surface area (Å²) in [6.07, 6.45) is 0.234. The van der Waals surface area contributed by atoms with E-state index in [1.807, 2.05) is 18.2 Å². The number of aliphatic hydroxyl groups excluding tert-OH is 1. The molecule has 0 spiro atoms. The van der Waals surface area contributed by atoms with Crippen LogP contribution in [0.5, 0.6) is 5.75 Å². The summed E-state index contributed by atoms with van der Waals surface area (Å²) < 4.78 is 10.4. The maximum Gasteiger partial charge on any atom is 0.127 e. The fraction of sp³-hybridized carbons (Fsp3) is 0.500. The Morgan fingerprint density at radius 3 is 2.47 bits per heavy atom. The highest BCUT2D eigenvalue weighted by Crippen LogP contribution is 2.25. The molecule has 1 unspecified atom stereocenters. The highest BCUT2D eigenvalue weighted by Gasteiger charge is 2.10. The summed E-state index contributed by atoms with van der Waals surface area (Å²) in [7, 11) is 3.29. The summed E-state index contributed by atoms with van der Waals surface area (Å²) >= 11 is 0. The highest BCUT2D eigenvalue weighted by molar-refractivity contribution is 5.41. The Kier molecular flexibility index (Phi) is 4.59. The number of para-hydroxylation sites is 1. The van der Waals surface area contributed by atoms with E-state index in [-0.39, 0.29) is 6.10 Å². The molecule has 0 amide bonds. The first-order valence-electron chi connectivity index (χ1n) is 5.00. The van der Waals surface area contributed by atoms with Crippen molar-refractivity contribution in [2.75, 3.05) is 14.2 Å². The van der Waals surface area contributed by atoms with E-state index in [0.717, 1.165) is 16.9 Å². The van der Waals surface area contributed by atoms with Gasteiger partial charge in [0.1, 0.15) is 5.75 Å². The summed E-state index contributed by atoms with van der Waals surface area (Å²) in [5.41, 5.74) is 2.03. The normalized spacial score (nSPS) is 12.5. The van der Waals surface area contributed by atoms with Crippen molar-refractivity contribution >= 4 is 0 Å². The molecule has 0 saturated carbocycles. The second-order valence-corrected chi connectivity index (χ2v) is 3.60. The van der Waals surface area contributed by atoms with Gasteiger partial charge in [-0.25, -0.2) is 0 Å². The van der Waals surface area contributed by atoms with Gasteiger partial charge in [-0.3, -0.25) is 0 Å². The second-order valence-electron chi connectivity index (χ2n) is 3.60. The molecule has 0 aliphatic heterocycles. The lowest BCUT2D eigenvalue weighted by Crippen LogP contribution is -2.07. The van der Waals surface area contributed by atoms with E-state index in [9.17, 15) is 5.11 Å². The van der Waals surface area contributed by atoms with Crippen LogP contribution < -0.4 is 4.74 Å². The van der Waals surface area contributed by atoms with Crippen molar-refractivity contribution in [3.63, 3.8) is 0 Å². The van der Waals surface area contributed by atoms with E-state index in [2.05, 4.69) is 0 Å². The number of aliphatic hydroxyl groups is 1. The summed E-state index contributed by atoms with van der Waals surface area (Å²) in [6, 6.07) is 5.88. The molecule has 1 aromatic rings. The molecule has 3 heteroatoms. The van der Waals surface area contributed by atoms with E-state index in [1.54, 1.807) is 21.1 Å². The Morgan fingerprint density at radius 2 is 1.93 bits per heavy atom. The van der Waals surface area contributed by atoms with Crippen molar-refractivity contribution in [2.24, 2.45) is 0 Å². The molecule has 1 atom stereocenters. The minimum atomic E-state index is -0.364. The van der Waals surface area contributed by atoms with Gasteiger partial charge in [0.05, 0.1) is 19.8 Å². The Bertz CT molecular complexity index is 308. The zero-order valence-electron chi connectivity index (χ0n) is 9.49. The molecule has 15 heavy (non-hydrogen) atoms. The first-order valence-corrected chi connectivity index (χ1v) is 5.00. The molecule has 1 rings (SSSR count). The van der Waals surface area contributed by atoms with E-state index in [0.29, 0.717) is 13.0 Å². The molecule has 0 bridgehead atoms. The van der Waals surface area contributed by atoms with Crippen molar-refractivity contribution in [2.45, 2.75) is 26.1 Å². The fourth-order valence-corrected chi connectivity index (χ4v) is 1.65. The lowest BCUT2D eigenvalue weighted by Gasteiger charge is -2.14. The molecule has 0 aliphatic carbocycles. The predicted molar refractivity (Wildman–Crippen MR) is 59.1 cm³/mol. The summed E-state index contributed by atoms with van der Waals surface area (Å²) in [5, 5.41) is 9.36. The molecule has 0 aliphatic rings. The molecule has 3 nitrogen and oxygen atoms in total. The molecule has 84 valence electrons. The van der Waals surface area contributed by atoms with Crippen LogP contribution >= 0.6 is 0 Å². The predicted octanol–water partition coefficient (Wildman–Crippen LogP) is 1.76. The Morgan fingerprint density at radius 1 is 1.27 bits per heavy atom. The van der Waals surface area contributed by atoms with Gasteiger partial charge < -0.3 is 14.6 Å². The maximum absolute atomic E-state index is 9.36. The minimum absolute atomic E-state index is 0.364. The number of benzene rings is 1. The summed E-state index contributed by atoms with van der Waals surface area (Å²) in [6.45, 7) is 2.29. The van der Waals surface area contributed by atoms with Gasteiger partial charge in [-0.15, -0.1) is 0 Å². The van der Waals surface area contributed by atoms with Gasteiger partial charge in [-0.2, -0.15) is 0 Å². The van der Waals surface area contributed by atoms with Crippen LogP contribution in [-0.2, 0) is 17.8 Å². The molecular weight excluding hydrogens is 192 g/mol. The van der Waals surface area contributed by atoms with Crippen molar-refractivity contribution in [3.8, 4) is 5.75 Å². The SMILES string of the molecule is COCc1cccc(CC(C)O)c1OC. The van der Waals surface area contributed by atoms with Crippen LogP contribution in [0.25, 0.3) is 0 Å². The largest absolute Gasteiger partial charge is 0.496 e. The second kappa shape index (κ2) is 5.73. The van der Waals surface area contributed by atoms with E-state index in [1.165, 1.54) is 0 Å². The van der Waals surface area contributed by atoms with E-state index < -0.39 is 0 Å². The molecular formula is C12H18O3. The quantitative estimate of drug-likeness (QED) is 0.805. The molecule has 0 radical (unpaired) electrons. The smallest absolute Gasteiger partial charge is 0.127 e. The Hall–Kier alpha value is -1.06. The summed E-state index contributed by atoms with van der Waals surface area (Å²) in [5.74, 6) is 0.820. The van der Waals surface area contributed by atoms with Crippen LogP contribution in [0, 0.1) is 0 Å². The standard InChI is InChI=1S/C12H18O3/c1-9(13)7-10-5-4-6-11(8-14-2)12(10)15-3/h4-6,9,13H,7-8H2,1-3H3. The minimum Gasteiger partial charge on any atom is -0.496 e. The summed E-state index contributed by atoms with van der Waals surface area (Å²) in [4.78, 5) is 0. The monoisotopic (exact) mass is 210 g/mol. The number of methoxy groups -OCH3 is 2. The average molecular weight is 210 g/mol. The zero-order valence-corrected chi connectivity index (χ0v) is 9.49. The lowest BCUT2D eigenvalue weighted by atomic mass is 10.0. The third kappa shape index (κ3) is 3.22. The molecule has 1 N–H and O–H groups in total. The van der Waals surface area contributed by atoms with Gasteiger partial charge in [0, 0.05) is 19.1 Å². The van der Waals surface area contributed by atoms with Gasteiger partial charge in [0.15, 0.2) is 0 Å². The van der Waals surface area contributed by atoms with Crippen LogP contribution in [-0.4, -0.2) is 25.4 Å². The van der Waals surface area contributed by atoms with Crippen molar-refractivity contribution in [1.29, 1.82) is 0 Å². The Balaban J connectivity index is 2.98. The zero-order chi connectivity index (χ0) is 11.3. The maximum atomic E-state index is 9.36. The number of hydrogen-bond acceptors (Lipinski definition) is 3. The van der Waals surface area contributed by atoms with E-state index in [4.69, 9.17) is 9.47 Å². The molecule has 1 aromatic carbocycles. The van der Waals surface area contributed by atoms with Gasteiger partial charge in [0.2, 0.25) is 0 Å². The van der Waals surface area contributed by atoms with Gasteiger partial charge in [-0.1, -0.05) is 18.2 Å². The van der Waals surface area contributed by atoms with Crippen molar-refractivity contribution < 1.29 is 14.6 Å². The number of rotatable bonds is 5. The van der Waals surface area contributed by atoms with Gasteiger partial charge in [0.25, 0.3) is 0 Å². The topological polar surface area (TPSA) is 38.7 Å². The first-order chi connectivity index (χ1) is 7.19. The van der Waals surface area contributed by atoms with Gasteiger partial charge >= 0.3 is 0 Å². The van der Waals surface area contributed by atoms with Gasteiger partial charge in [-0.05, 0) is 12.5 Å². The van der Waals surface area contributed by atoms with Crippen molar-refractivity contribution in [3.05, 3.63) is 29.3 Å². The third-order valence-electron chi connectivity index (χ3n) is 2.20. The first kappa shape index (κ1) is 12.0. The Labute approximate surface area is 90.6 Å². The molecule has 0 aromatic heterocycles. The number of ether oxygens (including phenoxy) is 2. The fourth-order valence-electron chi connectivity index (χ4n) is 1.65. The number of hydrogen-bond donors (Lipinski definition) is 1. The molecule has 0 saturated heterocycles. The van der Waals surface area contributed by atoms with E-state index >= 15 is 0 Å². The third-order valence-corrected chi connectivity index (χ3v) is 2.20. The lowest BCUT2D eigenvalue weighted by molar-refractivity contribution is 0.180. The van der Waals surface area contributed by atoms with Crippen LogP contribution in [0.15, 0.2) is 18.2 Å². The highest BCUT2D eigenvalue weighted by atomic mass is 16.5. The average Bonchev–Trinajstić information content (AvgIpc) is 2.18. The van der Waals surface area contributed by atoms with Crippen LogP contribution in [0.3, 0.4) is 0 Å². The molecule has 0 heterocycles. The van der Waals surface area contributed by atoms with Crippen LogP contribution in [0.2, 0.25) is 0 Å².